The highest BCUT2D eigenvalue weighted by Crippen LogP contribution is 2.35. The van der Waals surface area contributed by atoms with Crippen molar-refractivity contribution in [3.63, 3.8) is 0 Å². The number of ether oxygens (including phenoxy) is 1. The summed E-state index contributed by atoms with van der Waals surface area (Å²) >= 11 is 0. The van der Waals surface area contributed by atoms with Crippen molar-refractivity contribution in [3.05, 3.63) is 53.0 Å². The number of fused-ring (bicyclic) bond motifs is 1. The van der Waals surface area contributed by atoms with Crippen LogP contribution in [0.4, 0.5) is 0 Å². The summed E-state index contributed by atoms with van der Waals surface area (Å²) < 4.78 is 12.1. The summed E-state index contributed by atoms with van der Waals surface area (Å²) in [4.78, 5) is 8.84. The molecule has 0 atom stereocenters. The van der Waals surface area contributed by atoms with Crippen molar-refractivity contribution in [3.8, 4) is 11.8 Å². The Morgan fingerprint density at radius 1 is 1.11 bits per heavy atom. The van der Waals surface area contributed by atoms with Gasteiger partial charge in [-0.2, -0.15) is 5.26 Å². The topological polar surface area (TPSA) is 78.4 Å². The summed E-state index contributed by atoms with van der Waals surface area (Å²) in [7, 11) is 4.15. The average Bonchev–Trinajstić information content (AvgIpc) is 3.61. The number of aromatic nitrogens is 2. The monoisotopic (exact) mass is 473 g/mol. The molecule has 184 valence electrons. The molecule has 1 aliphatic carbocycles. The maximum Gasteiger partial charge on any atom is 0.175 e. The van der Waals surface area contributed by atoms with Gasteiger partial charge in [0.05, 0.1) is 17.9 Å². The first-order valence-corrected chi connectivity index (χ1v) is 12.8. The van der Waals surface area contributed by atoms with Gasteiger partial charge in [0.2, 0.25) is 0 Å². The summed E-state index contributed by atoms with van der Waals surface area (Å²) in [6, 6.07) is 10.1. The number of pyridine rings is 1. The Kier molecular flexibility index (Phi) is 7.31. The fourth-order valence-corrected chi connectivity index (χ4v) is 4.98. The zero-order valence-electron chi connectivity index (χ0n) is 20.9. The first-order valence-electron chi connectivity index (χ1n) is 12.8. The second-order valence-electron chi connectivity index (χ2n) is 10.5. The van der Waals surface area contributed by atoms with Crippen molar-refractivity contribution in [2.45, 2.75) is 51.6 Å². The molecule has 3 heterocycles. The van der Waals surface area contributed by atoms with E-state index in [2.05, 4.69) is 52.2 Å². The van der Waals surface area contributed by atoms with Crippen LogP contribution in [0.15, 0.2) is 35.0 Å². The Bertz CT molecular complexity index is 1170. The molecule has 0 N–H and O–H groups in total. The predicted molar refractivity (Wildman–Crippen MR) is 135 cm³/mol. The normalized spacial score (nSPS) is 17.2. The van der Waals surface area contributed by atoms with Gasteiger partial charge in [0, 0.05) is 24.7 Å². The van der Waals surface area contributed by atoms with Gasteiger partial charge in [0.1, 0.15) is 17.5 Å². The second kappa shape index (κ2) is 10.8. The highest BCUT2D eigenvalue weighted by atomic mass is 16.5. The number of nitriles is 1. The minimum absolute atomic E-state index is 0.476. The van der Waals surface area contributed by atoms with Gasteiger partial charge in [0.15, 0.2) is 5.58 Å². The SMILES string of the molecule is CN(C)Cc1c(OCC2CC2)ccc2c(CCC3CCN(Cc4ccc(C#N)nc4)CC3)noc12. The lowest BCUT2D eigenvalue weighted by molar-refractivity contribution is 0.172. The lowest BCUT2D eigenvalue weighted by atomic mass is 9.91. The van der Waals surface area contributed by atoms with E-state index in [1.165, 1.54) is 31.2 Å². The van der Waals surface area contributed by atoms with E-state index in [0.717, 1.165) is 79.5 Å². The molecule has 0 bridgehead atoms. The molecule has 2 aromatic heterocycles. The van der Waals surface area contributed by atoms with Crippen LogP contribution in [0.1, 0.15) is 54.6 Å². The lowest BCUT2D eigenvalue weighted by Crippen LogP contribution is -2.33. The van der Waals surface area contributed by atoms with E-state index in [1.54, 1.807) is 6.07 Å². The molecule has 35 heavy (non-hydrogen) atoms. The van der Waals surface area contributed by atoms with Gasteiger partial charge in [-0.25, -0.2) is 4.98 Å². The van der Waals surface area contributed by atoms with Crippen LogP contribution < -0.4 is 4.74 Å². The fraction of sp³-hybridized carbons (Fsp3) is 0.536. The molecule has 2 fully saturated rings. The number of hydrogen-bond acceptors (Lipinski definition) is 7. The van der Waals surface area contributed by atoms with E-state index in [-0.39, 0.29) is 0 Å². The van der Waals surface area contributed by atoms with Gasteiger partial charge >= 0.3 is 0 Å². The van der Waals surface area contributed by atoms with Gasteiger partial charge in [-0.1, -0.05) is 11.2 Å². The third-order valence-corrected chi connectivity index (χ3v) is 7.26. The number of likely N-dealkylation sites (tertiary alicyclic amines) is 1. The van der Waals surface area contributed by atoms with E-state index in [9.17, 15) is 0 Å². The number of piperidine rings is 1. The molecule has 0 amide bonds. The van der Waals surface area contributed by atoms with Crippen LogP contribution in [0.5, 0.6) is 5.75 Å². The standard InChI is InChI=1S/C28H35N5O2/c1-32(2)18-25-27(34-19-21-3-4-21)10-8-24-26(31-35-28(24)25)9-6-20-11-13-33(14-12-20)17-22-5-7-23(15-29)30-16-22/h5,7-8,10,16,20-21H,3-4,6,9,11-14,17-19H2,1-2H3. The quantitative estimate of drug-likeness (QED) is 0.419. The largest absolute Gasteiger partial charge is 0.493 e. The molecule has 0 radical (unpaired) electrons. The van der Waals surface area contributed by atoms with Crippen LogP contribution in [0, 0.1) is 23.2 Å². The van der Waals surface area contributed by atoms with Crippen molar-refractivity contribution < 1.29 is 9.26 Å². The average molecular weight is 474 g/mol. The van der Waals surface area contributed by atoms with Crippen LogP contribution in [0.2, 0.25) is 0 Å². The van der Waals surface area contributed by atoms with Crippen LogP contribution in [0.25, 0.3) is 11.0 Å². The van der Waals surface area contributed by atoms with Crippen LogP contribution >= 0.6 is 0 Å². The molecule has 7 heteroatoms. The second-order valence-corrected chi connectivity index (χ2v) is 10.5. The molecule has 0 unspecified atom stereocenters. The van der Waals surface area contributed by atoms with Crippen LogP contribution in [-0.4, -0.2) is 53.7 Å². The molecule has 2 aliphatic rings. The van der Waals surface area contributed by atoms with E-state index >= 15 is 0 Å². The van der Waals surface area contributed by atoms with Crippen molar-refractivity contribution in [1.29, 1.82) is 5.26 Å². The lowest BCUT2D eigenvalue weighted by Gasteiger charge is -2.31. The molecular weight excluding hydrogens is 438 g/mol. The van der Waals surface area contributed by atoms with Crippen molar-refractivity contribution >= 4 is 11.0 Å². The van der Waals surface area contributed by atoms with Crippen molar-refractivity contribution in [1.82, 2.24) is 19.9 Å². The third-order valence-electron chi connectivity index (χ3n) is 7.26. The molecule has 3 aromatic rings. The highest BCUT2D eigenvalue weighted by Gasteiger charge is 2.24. The Morgan fingerprint density at radius 3 is 2.63 bits per heavy atom. The Hall–Kier alpha value is -2.95. The molecule has 0 spiro atoms. The van der Waals surface area contributed by atoms with Gasteiger partial charge in [-0.15, -0.1) is 0 Å². The number of nitrogens with zero attached hydrogens (tertiary/aromatic N) is 5. The Morgan fingerprint density at radius 2 is 1.94 bits per heavy atom. The Labute approximate surface area is 207 Å². The summed E-state index contributed by atoms with van der Waals surface area (Å²) in [5.41, 5.74) is 4.71. The van der Waals surface area contributed by atoms with E-state index < -0.39 is 0 Å². The molecule has 1 aliphatic heterocycles. The first-order chi connectivity index (χ1) is 17.1. The molecule has 1 aromatic carbocycles. The minimum Gasteiger partial charge on any atom is -0.493 e. The predicted octanol–water partition coefficient (Wildman–Crippen LogP) is 4.79. The van der Waals surface area contributed by atoms with Gasteiger partial charge in [-0.05, 0) is 101 Å². The summed E-state index contributed by atoms with van der Waals surface area (Å²) in [5, 5.41) is 14.5. The zero-order valence-corrected chi connectivity index (χ0v) is 20.9. The Balaban J connectivity index is 1.17. The first kappa shape index (κ1) is 23.8. The summed E-state index contributed by atoms with van der Waals surface area (Å²) in [6.07, 6.45) is 8.87. The molecule has 5 rings (SSSR count). The number of benzene rings is 1. The fourth-order valence-electron chi connectivity index (χ4n) is 4.98. The van der Waals surface area contributed by atoms with E-state index in [0.29, 0.717) is 11.6 Å². The summed E-state index contributed by atoms with van der Waals surface area (Å²) in [6.45, 7) is 4.67. The number of rotatable bonds is 10. The van der Waals surface area contributed by atoms with Gasteiger partial charge in [-0.3, -0.25) is 4.90 Å². The van der Waals surface area contributed by atoms with E-state index in [4.69, 9.17) is 14.5 Å². The zero-order chi connectivity index (χ0) is 24.2. The minimum atomic E-state index is 0.476. The number of hydrogen-bond donors (Lipinski definition) is 0. The van der Waals surface area contributed by atoms with Gasteiger partial charge < -0.3 is 14.2 Å². The summed E-state index contributed by atoms with van der Waals surface area (Å²) in [5.74, 6) is 2.36. The molecule has 7 nitrogen and oxygen atoms in total. The molecule has 1 saturated carbocycles. The van der Waals surface area contributed by atoms with E-state index in [1.807, 2.05) is 12.3 Å². The number of aryl methyl sites for hydroxylation is 1. The van der Waals surface area contributed by atoms with Crippen LogP contribution in [0.3, 0.4) is 0 Å². The van der Waals surface area contributed by atoms with Crippen molar-refractivity contribution in [2.75, 3.05) is 33.8 Å². The van der Waals surface area contributed by atoms with Crippen LogP contribution in [-0.2, 0) is 19.5 Å². The van der Waals surface area contributed by atoms with Crippen molar-refractivity contribution in [2.24, 2.45) is 11.8 Å². The molecular formula is C28H35N5O2. The van der Waals surface area contributed by atoms with Gasteiger partial charge in [0.25, 0.3) is 0 Å². The molecule has 1 saturated heterocycles. The maximum atomic E-state index is 8.92. The maximum absolute atomic E-state index is 8.92. The smallest absolute Gasteiger partial charge is 0.175 e. The third kappa shape index (κ3) is 6.01. The highest BCUT2D eigenvalue weighted by molar-refractivity contribution is 5.84.